The summed E-state index contributed by atoms with van der Waals surface area (Å²) < 4.78 is 0. The first-order valence-electron chi connectivity index (χ1n) is 8.49. The van der Waals surface area contributed by atoms with Gasteiger partial charge in [0.1, 0.15) is 0 Å². The highest BCUT2D eigenvalue weighted by Gasteiger charge is 2.39. The minimum absolute atomic E-state index is 0.542. The quantitative estimate of drug-likeness (QED) is 0.747. The van der Waals surface area contributed by atoms with Crippen LogP contribution in [0.3, 0.4) is 0 Å². The fourth-order valence-electron chi connectivity index (χ4n) is 3.81. The van der Waals surface area contributed by atoms with Gasteiger partial charge in [0.2, 0.25) is 0 Å². The zero-order chi connectivity index (χ0) is 14.4. The third-order valence-corrected chi connectivity index (χ3v) is 5.24. The standard InChI is InChI=1S/C19H31N/c1-4-14-20-18(19(5-2)12-6-7-13-19)15-17-10-8-16(3)9-11-17/h8-11,18,20H,4-7,12-15H2,1-3H3. The molecule has 0 saturated heterocycles. The van der Waals surface area contributed by atoms with Crippen LogP contribution in [0.15, 0.2) is 24.3 Å². The summed E-state index contributed by atoms with van der Waals surface area (Å²) in [5.74, 6) is 0. The molecule has 0 heterocycles. The molecule has 0 radical (unpaired) electrons. The summed E-state index contributed by atoms with van der Waals surface area (Å²) in [7, 11) is 0. The van der Waals surface area contributed by atoms with E-state index < -0.39 is 0 Å². The lowest BCUT2D eigenvalue weighted by Gasteiger charge is -2.38. The van der Waals surface area contributed by atoms with E-state index in [9.17, 15) is 0 Å². The molecule has 2 rings (SSSR count). The highest BCUT2D eigenvalue weighted by molar-refractivity contribution is 5.22. The predicted octanol–water partition coefficient (Wildman–Crippen LogP) is 4.88. The van der Waals surface area contributed by atoms with Crippen LogP contribution in [0.5, 0.6) is 0 Å². The van der Waals surface area contributed by atoms with E-state index in [-0.39, 0.29) is 0 Å². The van der Waals surface area contributed by atoms with Crippen molar-refractivity contribution in [2.45, 2.75) is 71.8 Å². The van der Waals surface area contributed by atoms with Crippen LogP contribution in [-0.4, -0.2) is 12.6 Å². The summed E-state index contributed by atoms with van der Waals surface area (Å²) in [5.41, 5.74) is 3.39. The molecule has 1 nitrogen and oxygen atoms in total. The molecule has 20 heavy (non-hydrogen) atoms. The van der Waals surface area contributed by atoms with Gasteiger partial charge in [-0.2, -0.15) is 0 Å². The van der Waals surface area contributed by atoms with E-state index in [0.29, 0.717) is 11.5 Å². The summed E-state index contributed by atoms with van der Waals surface area (Å²) >= 11 is 0. The van der Waals surface area contributed by atoms with Gasteiger partial charge in [-0.3, -0.25) is 0 Å². The van der Waals surface area contributed by atoms with Crippen molar-refractivity contribution in [1.29, 1.82) is 0 Å². The SMILES string of the molecule is CCCNC(Cc1ccc(C)cc1)C1(CC)CCCC1. The Bertz CT molecular complexity index is 387. The number of hydrogen-bond acceptors (Lipinski definition) is 1. The van der Waals surface area contributed by atoms with E-state index in [1.807, 2.05) is 0 Å². The van der Waals surface area contributed by atoms with Crippen LogP contribution in [-0.2, 0) is 6.42 Å². The van der Waals surface area contributed by atoms with E-state index in [1.165, 1.54) is 56.1 Å². The maximum absolute atomic E-state index is 3.87. The van der Waals surface area contributed by atoms with Gasteiger partial charge in [0, 0.05) is 6.04 Å². The van der Waals surface area contributed by atoms with Crippen molar-refractivity contribution < 1.29 is 0 Å². The van der Waals surface area contributed by atoms with Crippen molar-refractivity contribution in [2.75, 3.05) is 6.54 Å². The maximum Gasteiger partial charge on any atom is 0.0164 e. The van der Waals surface area contributed by atoms with E-state index in [2.05, 4.69) is 50.4 Å². The molecule has 0 spiro atoms. The Balaban J connectivity index is 2.12. The lowest BCUT2D eigenvalue weighted by atomic mass is 9.74. The molecule has 1 unspecified atom stereocenters. The van der Waals surface area contributed by atoms with Crippen molar-refractivity contribution in [3.8, 4) is 0 Å². The van der Waals surface area contributed by atoms with Crippen LogP contribution in [0.1, 0.15) is 63.5 Å². The number of hydrogen-bond donors (Lipinski definition) is 1. The first-order valence-corrected chi connectivity index (χ1v) is 8.49. The van der Waals surface area contributed by atoms with Crippen molar-refractivity contribution >= 4 is 0 Å². The topological polar surface area (TPSA) is 12.0 Å². The van der Waals surface area contributed by atoms with Crippen LogP contribution < -0.4 is 5.32 Å². The number of benzene rings is 1. The summed E-state index contributed by atoms with van der Waals surface area (Å²) in [6, 6.07) is 9.78. The highest BCUT2D eigenvalue weighted by Crippen LogP contribution is 2.44. The first kappa shape index (κ1) is 15.6. The Morgan fingerprint density at radius 2 is 1.75 bits per heavy atom. The Hall–Kier alpha value is -0.820. The summed E-state index contributed by atoms with van der Waals surface area (Å²) in [4.78, 5) is 0. The average Bonchev–Trinajstić information content (AvgIpc) is 2.95. The van der Waals surface area contributed by atoms with Gasteiger partial charge in [-0.1, -0.05) is 56.5 Å². The van der Waals surface area contributed by atoms with Crippen molar-refractivity contribution in [2.24, 2.45) is 5.41 Å². The molecule has 1 aliphatic rings. The number of rotatable bonds is 7. The molecule has 1 aliphatic carbocycles. The van der Waals surface area contributed by atoms with Gasteiger partial charge >= 0.3 is 0 Å². The second kappa shape index (κ2) is 7.26. The van der Waals surface area contributed by atoms with Gasteiger partial charge in [-0.25, -0.2) is 0 Å². The molecule has 0 amide bonds. The average molecular weight is 273 g/mol. The van der Waals surface area contributed by atoms with Gasteiger partial charge in [0.25, 0.3) is 0 Å². The Kier molecular flexibility index (Phi) is 5.65. The van der Waals surface area contributed by atoms with Gasteiger partial charge in [0.05, 0.1) is 0 Å². The zero-order valence-corrected chi connectivity index (χ0v) is 13.5. The van der Waals surface area contributed by atoms with E-state index >= 15 is 0 Å². The molecule has 1 fully saturated rings. The Labute approximate surface area is 125 Å². The van der Waals surface area contributed by atoms with Crippen molar-refractivity contribution in [3.05, 3.63) is 35.4 Å². The van der Waals surface area contributed by atoms with Crippen LogP contribution >= 0.6 is 0 Å². The predicted molar refractivity (Wildman–Crippen MR) is 88.2 cm³/mol. The first-order chi connectivity index (χ1) is 9.70. The van der Waals surface area contributed by atoms with Gasteiger partial charge < -0.3 is 5.32 Å². The summed E-state index contributed by atoms with van der Waals surface area (Å²) in [6.45, 7) is 7.98. The summed E-state index contributed by atoms with van der Waals surface area (Å²) in [5, 5.41) is 3.87. The molecule has 1 aromatic carbocycles. The number of aryl methyl sites for hydroxylation is 1. The normalized spacial score (nSPS) is 19.1. The molecule has 1 aromatic rings. The van der Waals surface area contributed by atoms with Crippen LogP contribution in [0.4, 0.5) is 0 Å². The molecule has 0 aliphatic heterocycles. The Morgan fingerprint density at radius 3 is 2.30 bits per heavy atom. The summed E-state index contributed by atoms with van der Waals surface area (Å²) in [6.07, 6.45) is 9.41. The molecular weight excluding hydrogens is 242 g/mol. The van der Waals surface area contributed by atoms with Crippen LogP contribution in [0.25, 0.3) is 0 Å². The maximum atomic E-state index is 3.87. The van der Waals surface area contributed by atoms with Crippen LogP contribution in [0.2, 0.25) is 0 Å². The van der Waals surface area contributed by atoms with E-state index in [0.717, 1.165) is 6.54 Å². The van der Waals surface area contributed by atoms with Crippen molar-refractivity contribution in [3.63, 3.8) is 0 Å². The molecule has 1 atom stereocenters. The largest absolute Gasteiger partial charge is 0.313 e. The molecule has 0 bridgehead atoms. The second-order valence-corrected chi connectivity index (χ2v) is 6.62. The molecule has 1 saturated carbocycles. The number of nitrogens with one attached hydrogen (secondary N) is 1. The molecule has 0 aromatic heterocycles. The molecule has 1 heteroatoms. The van der Waals surface area contributed by atoms with E-state index in [4.69, 9.17) is 0 Å². The molecular formula is C19H31N. The monoisotopic (exact) mass is 273 g/mol. The van der Waals surface area contributed by atoms with Gasteiger partial charge in [-0.05, 0) is 56.6 Å². The second-order valence-electron chi connectivity index (χ2n) is 6.62. The fraction of sp³-hybridized carbons (Fsp3) is 0.684. The lowest BCUT2D eigenvalue weighted by Crippen LogP contribution is -2.45. The lowest BCUT2D eigenvalue weighted by molar-refractivity contribution is 0.184. The third-order valence-electron chi connectivity index (χ3n) is 5.24. The van der Waals surface area contributed by atoms with E-state index in [1.54, 1.807) is 0 Å². The molecule has 1 N–H and O–H groups in total. The fourth-order valence-corrected chi connectivity index (χ4v) is 3.81. The van der Waals surface area contributed by atoms with Gasteiger partial charge in [-0.15, -0.1) is 0 Å². The van der Waals surface area contributed by atoms with Gasteiger partial charge in [0.15, 0.2) is 0 Å². The minimum atomic E-state index is 0.542. The Morgan fingerprint density at radius 1 is 1.10 bits per heavy atom. The minimum Gasteiger partial charge on any atom is -0.313 e. The zero-order valence-electron chi connectivity index (χ0n) is 13.5. The third kappa shape index (κ3) is 3.63. The molecule has 112 valence electrons. The van der Waals surface area contributed by atoms with Crippen LogP contribution in [0, 0.1) is 12.3 Å². The smallest absolute Gasteiger partial charge is 0.0164 e. The van der Waals surface area contributed by atoms with Crippen molar-refractivity contribution in [1.82, 2.24) is 5.32 Å². The highest BCUT2D eigenvalue weighted by atomic mass is 14.9.